The fourth-order valence-corrected chi connectivity index (χ4v) is 3.27. The third-order valence-electron chi connectivity index (χ3n) is 4.82. The molecule has 0 bridgehead atoms. The molecule has 0 saturated heterocycles. The molecule has 0 radical (unpaired) electrons. The highest BCUT2D eigenvalue weighted by atomic mass is 19.4. The smallest absolute Gasteiger partial charge is 0.461 e. The van der Waals surface area contributed by atoms with Crippen molar-refractivity contribution in [3.05, 3.63) is 89.0 Å². The Hall–Kier alpha value is -3.11. The summed E-state index contributed by atoms with van der Waals surface area (Å²) in [5.74, 6) is -3.62. The van der Waals surface area contributed by atoms with Crippen LogP contribution in [0.5, 0.6) is 5.75 Å². The van der Waals surface area contributed by atoms with Crippen LogP contribution in [0.4, 0.5) is 30.7 Å². The number of aliphatic hydroxyl groups is 1. The van der Waals surface area contributed by atoms with Gasteiger partial charge < -0.3 is 9.84 Å². The van der Waals surface area contributed by atoms with Crippen molar-refractivity contribution in [2.75, 3.05) is 0 Å². The van der Waals surface area contributed by atoms with E-state index in [9.17, 15) is 35.8 Å². The maximum absolute atomic E-state index is 14.2. The Labute approximate surface area is 190 Å². The summed E-state index contributed by atoms with van der Waals surface area (Å²) in [6.07, 6.45) is -10.5. The number of hydrogen-bond donors (Lipinski definition) is 1. The predicted molar refractivity (Wildman–Crippen MR) is 109 cm³/mol. The first kappa shape index (κ1) is 25.5. The quantitative estimate of drug-likeness (QED) is 0.268. The van der Waals surface area contributed by atoms with Crippen LogP contribution in [0.3, 0.4) is 0 Å². The van der Waals surface area contributed by atoms with Crippen LogP contribution in [0.15, 0.2) is 60.7 Å². The zero-order valence-electron chi connectivity index (χ0n) is 17.7. The molecular weight excluding hydrogens is 469 g/mol. The molecule has 0 heterocycles. The second-order valence-electron chi connectivity index (χ2n) is 7.37. The number of alkyl halides is 5. The first-order valence-electron chi connectivity index (χ1n) is 10.1. The number of aliphatic hydroxyl groups excluding tert-OH is 1. The van der Waals surface area contributed by atoms with Gasteiger partial charge >= 0.3 is 12.5 Å². The Morgan fingerprint density at radius 2 is 1.38 bits per heavy atom. The topological polar surface area (TPSA) is 38.7 Å². The highest BCUT2D eigenvalue weighted by Crippen LogP contribution is 2.40. The molecule has 0 aliphatic heterocycles. The monoisotopic (exact) mass is 488 g/mol. The molecule has 0 spiro atoms. The first-order valence-corrected chi connectivity index (χ1v) is 10.1. The number of aryl methyl sites for hydroxylation is 1. The lowest BCUT2D eigenvalue weighted by Crippen LogP contribution is -2.29. The lowest BCUT2D eigenvalue weighted by Gasteiger charge is -2.20. The predicted octanol–water partition coefficient (Wildman–Crippen LogP) is 7.24. The minimum atomic E-state index is -5.81. The SMILES string of the molecule is CCCc1ccc(C(O)Oc2ccc(-c3cc(F)c(C(F)(F)OC(F)(F)F)c(F)c3)cc2)cc1. The highest BCUT2D eigenvalue weighted by molar-refractivity contribution is 5.65. The van der Waals surface area contributed by atoms with E-state index in [1.54, 1.807) is 12.1 Å². The molecule has 182 valence electrons. The maximum Gasteiger partial charge on any atom is 0.527 e. The molecule has 3 aromatic carbocycles. The van der Waals surface area contributed by atoms with E-state index in [0.717, 1.165) is 18.4 Å². The van der Waals surface area contributed by atoms with Crippen LogP contribution in [0.25, 0.3) is 11.1 Å². The lowest BCUT2D eigenvalue weighted by atomic mass is 10.0. The number of hydrogen-bond acceptors (Lipinski definition) is 3. The first-order chi connectivity index (χ1) is 15.9. The molecule has 1 N–H and O–H groups in total. The van der Waals surface area contributed by atoms with Gasteiger partial charge in [-0.2, -0.15) is 8.78 Å². The molecule has 0 fully saturated rings. The zero-order chi connectivity index (χ0) is 25.1. The number of rotatable bonds is 8. The van der Waals surface area contributed by atoms with Crippen molar-refractivity contribution in [3.63, 3.8) is 0 Å². The van der Waals surface area contributed by atoms with Crippen molar-refractivity contribution in [3.8, 4) is 16.9 Å². The Morgan fingerprint density at radius 3 is 1.88 bits per heavy atom. The summed E-state index contributed by atoms with van der Waals surface area (Å²) in [6.45, 7) is 2.05. The molecule has 0 aliphatic carbocycles. The van der Waals surface area contributed by atoms with Crippen LogP contribution in [-0.2, 0) is 17.3 Å². The summed E-state index contributed by atoms with van der Waals surface area (Å²) in [7, 11) is 0. The Balaban J connectivity index is 1.76. The molecule has 34 heavy (non-hydrogen) atoms. The number of halogens is 7. The number of benzene rings is 3. The minimum absolute atomic E-state index is 0.162. The average molecular weight is 488 g/mol. The summed E-state index contributed by atoms with van der Waals surface area (Å²) in [5, 5.41) is 10.3. The van der Waals surface area contributed by atoms with Gasteiger partial charge in [-0.25, -0.2) is 13.5 Å². The van der Waals surface area contributed by atoms with E-state index < -0.39 is 36.0 Å². The number of ether oxygens (including phenoxy) is 2. The van der Waals surface area contributed by atoms with E-state index in [1.165, 1.54) is 24.3 Å². The van der Waals surface area contributed by atoms with Crippen LogP contribution in [0.2, 0.25) is 0 Å². The molecule has 0 aliphatic rings. The van der Waals surface area contributed by atoms with Crippen LogP contribution in [0.1, 0.15) is 36.3 Å². The van der Waals surface area contributed by atoms with Crippen molar-refractivity contribution in [2.24, 2.45) is 0 Å². The van der Waals surface area contributed by atoms with Gasteiger partial charge in [-0.3, -0.25) is 0 Å². The summed E-state index contributed by atoms with van der Waals surface area (Å²) in [5.41, 5.74) is -0.585. The van der Waals surface area contributed by atoms with E-state index in [2.05, 4.69) is 4.74 Å². The average Bonchev–Trinajstić information content (AvgIpc) is 2.72. The van der Waals surface area contributed by atoms with Gasteiger partial charge in [0.1, 0.15) is 22.9 Å². The van der Waals surface area contributed by atoms with Gasteiger partial charge in [0.25, 0.3) is 0 Å². The highest BCUT2D eigenvalue weighted by Gasteiger charge is 2.49. The van der Waals surface area contributed by atoms with E-state index in [-0.39, 0.29) is 16.9 Å². The maximum atomic E-state index is 14.2. The Kier molecular flexibility index (Phi) is 7.52. The second kappa shape index (κ2) is 10.0. The van der Waals surface area contributed by atoms with E-state index in [1.807, 2.05) is 19.1 Å². The molecule has 0 saturated carbocycles. The van der Waals surface area contributed by atoms with Crippen LogP contribution < -0.4 is 4.74 Å². The molecular formula is C24H19F7O3. The molecule has 3 nitrogen and oxygen atoms in total. The molecule has 1 unspecified atom stereocenters. The molecule has 1 atom stereocenters. The van der Waals surface area contributed by atoms with Gasteiger partial charge in [-0.1, -0.05) is 49.7 Å². The molecule has 0 amide bonds. The molecule has 10 heteroatoms. The van der Waals surface area contributed by atoms with Crippen molar-refractivity contribution in [1.82, 2.24) is 0 Å². The summed E-state index contributed by atoms with van der Waals surface area (Å²) < 4.78 is 100. The fraction of sp³-hybridized carbons (Fsp3) is 0.250. The molecule has 3 rings (SSSR count). The summed E-state index contributed by atoms with van der Waals surface area (Å²) in [4.78, 5) is 0. The van der Waals surface area contributed by atoms with Gasteiger partial charge in [-0.15, -0.1) is 13.2 Å². The summed E-state index contributed by atoms with van der Waals surface area (Å²) >= 11 is 0. The van der Waals surface area contributed by atoms with Crippen molar-refractivity contribution in [1.29, 1.82) is 0 Å². The van der Waals surface area contributed by atoms with E-state index in [0.29, 0.717) is 17.7 Å². The largest absolute Gasteiger partial charge is 0.527 e. The third-order valence-corrected chi connectivity index (χ3v) is 4.82. The van der Waals surface area contributed by atoms with Gasteiger partial charge in [0.2, 0.25) is 6.29 Å². The van der Waals surface area contributed by atoms with Crippen molar-refractivity contribution >= 4 is 0 Å². The Morgan fingerprint density at radius 1 is 0.824 bits per heavy atom. The van der Waals surface area contributed by atoms with Crippen LogP contribution in [0, 0.1) is 11.6 Å². The molecule has 3 aromatic rings. The van der Waals surface area contributed by atoms with Gasteiger partial charge in [0.05, 0.1) is 0 Å². The molecule has 0 aromatic heterocycles. The van der Waals surface area contributed by atoms with Crippen LogP contribution >= 0.6 is 0 Å². The second-order valence-corrected chi connectivity index (χ2v) is 7.37. The normalized spacial score (nSPS) is 13.1. The minimum Gasteiger partial charge on any atom is -0.461 e. The zero-order valence-corrected chi connectivity index (χ0v) is 17.7. The summed E-state index contributed by atoms with van der Waals surface area (Å²) in [6, 6.07) is 13.5. The fourth-order valence-electron chi connectivity index (χ4n) is 3.27. The third kappa shape index (κ3) is 6.27. The van der Waals surface area contributed by atoms with Crippen molar-refractivity contribution < 1.29 is 45.3 Å². The van der Waals surface area contributed by atoms with Crippen LogP contribution in [-0.4, -0.2) is 11.5 Å². The lowest BCUT2D eigenvalue weighted by molar-refractivity contribution is -0.432. The Bertz CT molecular complexity index is 1090. The van der Waals surface area contributed by atoms with Gasteiger partial charge in [0.15, 0.2) is 0 Å². The van der Waals surface area contributed by atoms with E-state index in [4.69, 9.17) is 4.74 Å². The standard InChI is InChI=1S/C24H19F7O3/c1-2-3-14-4-6-16(7-5-14)22(32)33-18-10-8-15(9-11-18)17-12-19(25)21(20(26)13-17)23(27,28)34-24(29,30)31/h4-13,22,32H,2-3H2,1H3. The van der Waals surface area contributed by atoms with Gasteiger partial charge in [-0.05, 0) is 47.4 Å². The van der Waals surface area contributed by atoms with Crippen molar-refractivity contribution in [2.45, 2.75) is 38.5 Å². The van der Waals surface area contributed by atoms with E-state index >= 15 is 0 Å². The van der Waals surface area contributed by atoms with Gasteiger partial charge in [0, 0.05) is 5.56 Å².